The quantitative estimate of drug-likeness (QED) is 0.775. The number of likely N-dealkylation sites (tertiary alicyclic amines) is 1. The van der Waals surface area contributed by atoms with Gasteiger partial charge in [0.1, 0.15) is 12.4 Å². The molecular weight excluding hydrogens is 242 g/mol. The van der Waals surface area contributed by atoms with E-state index in [0.29, 0.717) is 19.2 Å². The molecule has 104 valence electrons. The van der Waals surface area contributed by atoms with Crippen LogP contribution in [-0.4, -0.2) is 48.1 Å². The van der Waals surface area contributed by atoms with Crippen LogP contribution >= 0.6 is 0 Å². The lowest BCUT2D eigenvalue weighted by Gasteiger charge is -2.41. The van der Waals surface area contributed by atoms with Crippen molar-refractivity contribution in [1.82, 2.24) is 15.2 Å². The summed E-state index contributed by atoms with van der Waals surface area (Å²) in [7, 11) is 0. The molecular formula is C14H21N3O2. The summed E-state index contributed by atoms with van der Waals surface area (Å²) in [4.78, 5) is 18.0. The van der Waals surface area contributed by atoms with Crippen molar-refractivity contribution in [3.8, 4) is 5.75 Å². The Morgan fingerprint density at radius 3 is 2.79 bits per heavy atom. The predicted molar refractivity (Wildman–Crippen MR) is 72.9 cm³/mol. The zero-order valence-electron chi connectivity index (χ0n) is 11.5. The van der Waals surface area contributed by atoms with Gasteiger partial charge in [-0.15, -0.1) is 0 Å². The minimum Gasteiger partial charge on any atom is -0.492 e. The molecule has 0 saturated carbocycles. The van der Waals surface area contributed by atoms with Crippen LogP contribution < -0.4 is 10.1 Å². The van der Waals surface area contributed by atoms with E-state index < -0.39 is 0 Å². The fourth-order valence-corrected chi connectivity index (χ4v) is 2.02. The third-order valence-corrected chi connectivity index (χ3v) is 3.33. The summed E-state index contributed by atoms with van der Waals surface area (Å²) in [6, 6.07) is 4.13. The van der Waals surface area contributed by atoms with Crippen molar-refractivity contribution in [3.05, 3.63) is 24.5 Å². The first-order valence-electron chi connectivity index (χ1n) is 6.71. The van der Waals surface area contributed by atoms with Crippen LogP contribution in [0.4, 0.5) is 0 Å². The zero-order chi connectivity index (χ0) is 13.7. The van der Waals surface area contributed by atoms with Crippen LogP contribution in [-0.2, 0) is 4.79 Å². The van der Waals surface area contributed by atoms with Crippen molar-refractivity contribution in [3.63, 3.8) is 0 Å². The maximum Gasteiger partial charge on any atom is 0.225 e. The molecule has 0 bridgehead atoms. The van der Waals surface area contributed by atoms with Gasteiger partial charge in [0.2, 0.25) is 5.91 Å². The van der Waals surface area contributed by atoms with Crippen molar-refractivity contribution >= 4 is 5.91 Å². The summed E-state index contributed by atoms with van der Waals surface area (Å²) < 4.78 is 5.48. The Morgan fingerprint density at radius 1 is 1.47 bits per heavy atom. The van der Waals surface area contributed by atoms with Crippen LogP contribution in [0.3, 0.4) is 0 Å². The third kappa shape index (κ3) is 3.92. The lowest BCUT2D eigenvalue weighted by molar-refractivity contribution is -0.131. The van der Waals surface area contributed by atoms with Gasteiger partial charge in [0.05, 0.1) is 12.5 Å². The zero-order valence-corrected chi connectivity index (χ0v) is 11.5. The lowest BCUT2D eigenvalue weighted by Crippen LogP contribution is -2.56. The van der Waals surface area contributed by atoms with Crippen LogP contribution in [0.15, 0.2) is 24.5 Å². The molecule has 1 aliphatic rings. The van der Waals surface area contributed by atoms with E-state index in [2.05, 4.69) is 29.0 Å². The van der Waals surface area contributed by atoms with Gasteiger partial charge in [-0.2, -0.15) is 0 Å². The average molecular weight is 263 g/mol. The SMILES string of the molecule is CC(C)N1CC(C(=O)NCCOc2ccncc2)C1. The van der Waals surface area contributed by atoms with Crippen LogP contribution in [0.5, 0.6) is 5.75 Å². The second-order valence-electron chi connectivity index (χ2n) is 5.07. The monoisotopic (exact) mass is 263 g/mol. The molecule has 1 amide bonds. The number of ether oxygens (including phenoxy) is 1. The van der Waals surface area contributed by atoms with Gasteiger partial charge in [-0.3, -0.25) is 14.7 Å². The van der Waals surface area contributed by atoms with Gasteiger partial charge in [0.25, 0.3) is 0 Å². The first-order valence-corrected chi connectivity index (χ1v) is 6.71. The third-order valence-electron chi connectivity index (χ3n) is 3.33. The topological polar surface area (TPSA) is 54.5 Å². The standard InChI is InChI=1S/C14H21N3O2/c1-11(2)17-9-12(10-17)14(18)16-7-8-19-13-3-5-15-6-4-13/h3-6,11-12H,7-10H2,1-2H3,(H,16,18). The molecule has 5 nitrogen and oxygen atoms in total. The van der Waals surface area contributed by atoms with E-state index in [9.17, 15) is 4.79 Å². The summed E-state index contributed by atoms with van der Waals surface area (Å²) in [5.41, 5.74) is 0. The van der Waals surface area contributed by atoms with E-state index in [4.69, 9.17) is 4.74 Å². The summed E-state index contributed by atoms with van der Waals surface area (Å²) in [6.45, 7) is 7.06. The summed E-state index contributed by atoms with van der Waals surface area (Å²) in [5, 5.41) is 2.91. The number of aromatic nitrogens is 1. The number of hydrogen-bond donors (Lipinski definition) is 1. The smallest absolute Gasteiger partial charge is 0.225 e. The molecule has 0 unspecified atom stereocenters. The normalized spacial score (nSPS) is 16.2. The molecule has 2 rings (SSSR count). The maximum absolute atomic E-state index is 11.8. The van der Waals surface area contributed by atoms with Crippen LogP contribution in [0.2, 0.25) is 0 Å². The molecule has 0 radical (unpaired) electrons. The summed E-state index contributed by atoms with van der Waals surface area (Å²) in [5.74, 6) is 1.05. The molecule has 5 heteroatoms. The molecule has 1 aromatic heterocycles. The van der Waals surface area contributed by atoms with Gasteiger partial charge >= 0.3 is 0 Å². The molecule has 1 saturated heterocycles. The Labute approximate surface area is 114 Å². The van der Waals surface area contributed by atoms with Crippen molar-refractivity contribution in [2.24, 2.45) is 5.92 Å². The van der Waals surface area contributed by atoms with Gasteiger partial charge < -0.3 is 10.1 Å². The van der Waals surface area contributed by atoms with Crippen molar-refractivity contribution in [2.75, 3.05) is 26.2 Å². The highest BCUT2D eigenvalue weighted by molar-refractivity contribution is 5.80. The van der Waals surface area contributed by atoms with Crippen molar-refractivity contribution in [2.45, 2.75) is 19.9 Å². The maximum atomic E-state index is 11.8. The molecule has 0 spiro atoms. The second kappa shape index (κ2) is 6.52. The number of carbonyl (C=O) groups is 1. The Bertz CT molecular complexity index is 402. The van der Waals surface area contributed by atoms with E-state index >= 15 is 0 Å². The van der Waals surface area contributed by atoms with Crippen molar-refractivity contribution in [1.29, 1.82) is 0 Å². The molecule has 1 aliphatic heterocycles. The van der Waals surface area contributed by atoms with E-state index in [0.717, 1.165) is 18.8 Å². The highest BCUT2D eigenvalue weighted by atomic mass is 16.5. The number of amides is 1. The molecule has 1 aromatic rings. The number of nitrogens with one attached hydrogen (secondary N) is 1. The molecule has 0 aromatic carbocycles. The highest BCUT2D eigenvalue weighted by Crippen LogP contribution is 2.18. The predicted octanol–water partition coefficient (Wildman–Crippen LogP) is 0.917. The minimum atomic E-state index is 0.134. The van der Waals surface area contributed by atoms with Crippen molar-refractivity contribution < 1.29 is 9.53 Å². The highest BCUT2D eigenvalue weighted by Gasteiger charge is 2.33. The van der Waals surface area contributed by atoms with Gasteiger partial charge in [0, 0.05) is 31.5 Å². The minimum absolute atomic E-state index is 0.134. The lowest BCUT2D eigenvalue weighted by atomic mass is 9.97. The Hall–Kier alpha value is -1.62. The number of rotatable bonds is 6. The number of nitrogens with zero attached hydrogens (tertiary/aromatic N) is 2. The Morgan fingerprint density at radius 2 is 2.16 bits per heavy atom. The number of hydrogen-bond acceptors (Lipinski definition) is 4. The molecule has 0 aliphatic carbocycles. The molecule has 0 atom stereocenters. The van der Waals surface area contributed by atoms with Gasteiger partial charge in [-0.25, -0.2) is 0 Å². The molecule has 2 heterocycles. The second-order valence-corrected chi connectivity index (χ2v) is 5.07. The largest absolute Gasteiger partial charge is 0.492 e. The van der Waals surface area contributed by atoms with E-state index in [-0.39, 0.29) is 11.8 Å². The van der Waals surface area contributed by atoms with Gasteiger partial charge in [-0.1, -0.05) is 0 Å². The average Bonchev–Trinajstić information content (AvgIpc) is 2.33. The van der Waals surface area contributed by atoms with Crippen LogP contribution in [0.1, 0.15) is 13.8 Å². The Kier molecular flexibility index (Phi) is 4.74. The van der Waals surface area contributed by atoms with Gasteiger partial charge in [-0.05, 0) is 26.0 Å². The first kappa shape index (κ1) is 13.8. The van der Waals surface area contributed by atoms with Crippen LogP contribution in [0.25, 0.3) is 0 Å². The van der Waals surface area contributed by atoms with Crippen LogP contribution in [0, 0.1) is 5.92 Å². The molecule has 1 fully saturated rings. The fourth-order valence-electron chi connectivity index (χ4n) is 2.02. The van der Waals surface area contributed by atoms with E-state index in [1.165, 1.54) is 0 Å². The first-order chi connectivity index (χ1) is 9.16. The Balaban J connectivity index is 1.58. The van der Waals surface area contributed by atoms with E-state index in [1.54, 1.807) is 24.5 Å². The fraction of sp³-hybridized carbons (Fsp3) is 0.571. The number of pyridine rings is 1. The van der Waals surface area contributed by atoms with Gasteiger partial charge in [0.15, 0.2) is 0 Å². The molecule has 19 heavy (non-hydrogen) atoms. The number of carbonyl (C=O) groups excluding carboxylic acids is 1. The molecule has 1 N–H and O–H groups in total. The summed E-state index contributed by atoms with van der Waals surface area (Å²) >= 11 is 0. The summed E-state index contributed by atoms with van der Waals surface area (Å²) in [6.07, 6.45) is 3.37. The van der Waals surface area contributed by atoms with E-state index in [1.807, 2.05) is 0 Å².